The van der Waals surface area contributed by atoms with Gasteiger partial charge in [-0.15, -0.1) is 0 Å². The second kappa shape index (κ2) is 9.47. The van der Waals surface area contributed by atoms with Crippen molar-refractivity contribution in [3.63, 3.8) is 0 Å². The van der Waals surface area contributed by atoms with Crippen LogP contribution < -0.4 is 5.73 Å². The monoisotopic (exact) mass is 451 g/mol. The second-order valence-corrected chi connectivity index (χ2v) is 9.72. The minimum atomic E-state index is -0.267. The highest BCUT2D eigenvalue weighted by Crippen LogP contribution is 2.32. The molecular formula is C30H33N3O. The molecule has 1 saturated heterocycles. The van der Waals surface area contributed by atoms with E-state index >= 15 is 0 Å². The van der Waals surface area contributed by atoms with Crippen LogP contribution in [0.15, 0.2) is 79.0 Å². The number of nitrogens with zero attached hydrogens (tertiary/aromatic N) is 2. The summed E-state index contributed by atoms with van der Waals surface area (Å²) in [6, 6.07) is 25.9. The van der Waals surface area contributed by atoms with Gasteiger partial charge in [-0.05, 0) is 80.6 Å². The molecule has 0 spiro atoms. The number of hydrogen-bond acceptors (Lipinski definition) is 2. The molecule has 4 aromatic rings. The molecule has 1 fully saturated rings. The average molecular weight is 452 g/mol. The lowest BCUT2D eigenvalue weighted by atomic mass is 9.87. The summed E-state index contributed by atoms with van der Waals surface area (Å²) in [6.45, 7) is 7.12. The smallest absolute Gasteiger partial charge is 0.224 e. The molecule has 2 heterocycles. The van der Waals surface area contributed by atoms with E-state index in [1.165, 1.54) is 33.3 Å². The van der Waals surface area contributed by atoms with E-state index in [-0.39, 0.29) is 11.8 Å². The number of hydrogen-bond donors (Lipinski definition) is 1. The molecule has 0 radical (unpaired) electrons. The first-order valence-corrected chi connectivity index (χ1v) is 12.3. The van der Waals surface area contributed by atoms with E-state index in [4.69, 9.17) is 5.73 Å². The maximum absolute atomic E-state index is 11.6. The van der Waals surface area contributed by atoms with Crippen LogP contribution in [0.4, 0.5) is 0 Å². The van der Waals surface area contributed by atoms with E-state index in [2.05, 4.69) is 89.3 Å². The van der Waals surface area contributed by atoms with E-state index < -0.39 is 0 Å². The third kappa shape index (κ3) is 4.51. The van der Waals surface area contributed by atoms with Crippen molar-refractivity contribution in [1.82, 2.24) is 9.47 Å². The Morgan fingerprint density at radius 1 is 1.00 bits per heavy atom. The van der Waals surface area contributed by atoms with Crippen molar-refractivity contribution in [3.05, 3.63) is 101 Å². The quantitative estimate of drug-likeness (QED) is 0.396. The fraction of sp³-hybridized carbons (Fsp3) is 0.300. The summed E-state index contributed by atoms with van der Waals surface area (Å²) in [5, 5.41) is 1.33. The van der Waals surface area contributed by atoms with E-state index in [9.17, 15) is 4.79 Å². The lowest BCUT2D eigenvalue weighted by Crippen LogP contribution is -2.32. The Hall–Kier alpha value is -3.37. The number of carbonyl (C=O) groups excluding carboxylic acids is 1. The maximum Gasteiger partial charge on any atom is 0.224 e. The Balaban J connectivity index is 1.31. The number of rotatable bonds is 6. The molecule has 0 saturated carbocycles. The van der Waals surface area contributed by atoms with Gasteiger partial charge in [0.1, 0.15) is 0 Å². The summed E-state index contributed by atoms with van der Waals surface area (Å²) < 4.78 is 2.32. The zero-order chi connectivity index (χ0) is 23.7. The molecule has 1 aliphatic heterocycles. The van der Waals surface area contributed by atoms with Crippen molar-refractivity contribution >= 4 is 16.8 Å². The van der Waals surface area contributed by atoms with Gasteiger partial charge in [-0.2, -0.15) is 0 Å². The highest BCUT2D eigenvalue weighted by atomic mass is 16.1. The van der Waals surface area contributed by atoms with E-state index in [0.717, 1.165) is 38.0 Å². The Morgan fingerprint density at radius 3 is 2.47 bits per heavy atom. The number of primary amides is 1. The summed E-state index contributed by atoms with van der Waals surface area (Å²) >= 11 is 0. The van der Waals surface area contributed by atoms with Gasteiger partial charge in [0, 0.05) is 23.8 Å². The third-order valence-electron chi connectivity index (χ3n) is 7.40. The number of likely N-dealkylation sites (tertiary alicyclic amines) is 1. The van der Waals surface area contributed by atoms with Crippen molar-refractivity contribution < 1.29 is 4.79 Å². The van der Waals surface area contributed by atoms with Gasteiger partial charge in [-0.1, -0.05) is 60.2 Å². The van der Waals surface area contributed by atoms with Gasteiger partial charge in [0.05, 0.1) is 11.4 Å². The average Bonchev–Trinajstić information content (AvgIpc) is 3.23. The molecular weight excluding hydrogens is 418 g/mol. The van der Waals surface area contributed by atoms with Crippen LogP contribution in [0.2, 0.25) is 0 Å². The topological polar surface area (TPSA) is 51.3 Å². The molecule has 2 N–H and O–H groups in total. The SMILES string of the molecule is Cc1ccc(-n2cc(CN3CCC(c4cccc(C(C)C(N)=O)c4)CC3)c3ccccc32)cc1. The number of amides is 1. The lowest BCUT2D eigenvalue weighted by Gasteiger charge is -2.32. The van der Waals surface area contributed by atoms with Crippen LogP contribution in [-0.4, -0.2) is 28.5 Å². The number of benzene rings is 3. The third-order valence-corrected chi connectivity index (χ3v) is 7.40. The van der Waals surface area contributed by atoms with Crippen molar-refractivity contribution in [3.8, 4) is 5.69 Å². The largest absolute Gasteiger partial charge is 0.369 e. The predicted octanol–water partition coefficient (Wildman–Crippen LogP) is 5.91. The van der Waals surface area contributed by atoms with Crippen LogP contribution in [-0.2, 0) is 11.3 Å². The molecule has 4 nitrogen and oxygen atoms in total. The molecule has 1 aliphatic rings. The molecule has 1 atom stereocenters. The van der Waals surface area contributed by atoms with Gasteiger partial charge in [0.25, 0.3) is 0 Å². The number of carbonyl (C=O) groups is 1. The molecule has 0 aliphatic carbocycles. The summed E-state index contributed by atoms with van der Waals surface area (Å²) in [5.74, 6) is 0.0211. The molecule has 1 amide bonds. The molecule has 5 rings (SSSR count). The standard InChI is InChI=1S/C30H33N3O/c1-21-10-12-27(13-11-21)33-20-26(28-8-3-4-9-29(28)33)19-32-16-14-23(15-17-32)25-7-5-6-24(18-25)22(2)30(31)34/h3-13,18,20,22-23H,14-17,19H2,1-2H3,(H2,31,34). The molecule has 3 aromatic carbocycles. The zero-order valence-electron chi connectivity index (χ0n) is 20.1. The highest BCUT2D eigenvalue weighted by Gasteiger charge is 2.23. The molecule has 174 valence electrons. The molecule has 0 bridgehead atoms. The molecule has 4 heteroatoms. The number of nitrogens with two attached hydrogens (primary N) is 1. The Morgan fingerprint density at radius 2 is 1.74 bits per heavy atom. The van der Waals surface area contributed by atoms with Crippen LogP contribution in [0.1, 0.15) is 53.9 Å². The van der Waals surface area contributed by atoms with Crippen LogP contribution in [0.25, 0.3) is 16.6 Å². The van der Waals surface area contributed by atoms with Crippen molar-refractivity contribution in [2.24, 2.45) is 5.73 Å². The minimum Gasteiger partial charge on any atom is -0.369 e. The van der Waals surface area contributed by atoms with E-state index in [0.29, 0.717) is 5.92 Å². The van der Waals surface area contributed by atoms with Crippen molar-refractivity contribution in [1.29, 1.82) is 0 Å². The summed E-state index contributed by atoms with van der Waals surface area (Å²) in [7, 11) is 0. The Bertz CT molecular complexity index is 1300. The molecule has 1 unspecified atom stereocenters. The van der Waals surface area contributed by atoms with Gasteiger partial charge in [-0.25, -0.2) is 0 Å². The van der Waals surface area contributed by atoms with Crippen LogP contribution >= 0.6 is 0 Å². The van der Waals surface area contributed by atoms with Gasteiger partial charge < -0.3 is 10.3 Å². The van der Waals surface area contributed by atoms with E-state index in [1.807, 2.05) is 13.0 Å². The van der Waals surface area contributed by atoms with E-state index in [1.54, 1.807) is 0 Å². The van der Waals surface area contributed by atoms with Gasteiger partial charge in [0.15, 0.2) is 0 Å². The first kappa shape index (κ1) is 22.4. The summed E-state index contributed by atoms with van der Waals surface area (Å²) in [4.78, 5) is 14.2. The zero-order valence-corrected chi connectivity index (χ0v) is 20.1. The van der Waals surface area contributed by atoms with Crippen LogP contribution in [0, 0.1) is 6.92 Å². The summed E-state index contributed by atoms with van der Waals surface area (Å²) in [6.07, 6.45) is 4.58. The van der Waals surface area contributed by atoms with Gasteiger partial charge >= 0.3 is 0 Å². The first-order valence-electron chi connectivity index (χ1n) is 12.3. The number of fused-ring (bicyclic) bond motifs is 1. The van der Waals surface area contributed by atoms with Crippen LogP contribution in [0.3, 0.4) is 0 Å². The predicted molar refractivity (Wildman–Crippen MR) is 139 cm³/mol. The maximum atomic E-state index is 11.6. The van der Waals surface area contributed by atoms with Gasteiger partial charge in [0.2, 0.25) is 5.91 Å². The lowest BCUT2D eigenvalue weighted by molar-refractivity contribution is -0.119. The first-order chi connectivity index (χ1) is 16.5. The van der Waals surface area contributed by atoms with Crippen molar-refractivity contribution in [2.45, 2.75) is 45.1 Å². The van der Waals surface area contributed by atoms with Gasteiger partial charge in [-0.3, -0.25) is 9.69 Å². The number of aryl methyl sites for hydroxylation is 1. The van der Waals surface area contributed by atoms with Crippen molar-refractivity contribution in [2.75, 3.05) is 13.1 Å². The molecule has 34 heavy (non-hydrogen) atoms. The number of para-hydroxylation sites is 1. The minimum absolute atomic E-state index is 0.245. The highest BCUT2D eigenvalue weighted by molar-refractivity contribution is 5.85. The summed E-state index contributed by atoms with van der Waals surface area (Å²) in [5.41, 5.74) is 13.0. The Kier molecular flexibility index (Phi) is 6.25. The number of piperidine rings is 1. The number of aromatic nitrogens is 1. The Labute approximate surface area is 202 Å². The van der Waals surface area contributed by atoms with Crippen LogP contribution in [0.5, 0.6) is 0 Å². The fourth-order valence-corrected chi connectivity index (χ4v) is 5.21. The molecule has 1 aromatic heterocycles. The normalized spacial score (nSPS) is 16.1. The fourth-order valence-electron chi connectivity index (χ4n) is 5.21. The second-order valence-electron chi connectivity index (χ2n) is 9.72.